The van der Waals surface area contributed by atoms with Crippen molar-refractivity contribution in [3.63, 3.8) is 0 Å². The molecule has 1 rings (SSSR count). The molecule has 0 aliphatic carbocycles. The summed E-state index contributed by atoms with van der Waals surface area (Å²) in [5, 5.41) is 0. The van der Waals surface area contributed by atoms with Gasteiger partial charge in [0.1, 0.15) is 6.10 Å². The second-order valence-electron chi connectivity index (χ2n) is 5.11. The number of rotatable bonds is 9. The Morgan fingerprint density at radius 1 is 0.909 bits per heavy atom. The Hall–Kier alpha value is -0.960. The van der Waals surface area contributed by atoms with Crippen LogP contribution in [-0.2, 0) is 28.6 Å². The van der Waals surface area contributed by atoms with Gasteiger partial charge in [-0.25, -0.2) is 0 Å². The average molecular weight is 350 g/mol. The molecule has 0 saturated heterocycles. The van der Waals surface area contributed by atoms with Crippen LogP contribution in [0.5, 0.6) is 0 Å². The van der Waals surface area contributed by atoms with E-state index >= 15 is 0 Å². The Bertz CT molecular complexity index is 652. The van der Waals surface area contributed by atoms with Gasteiger partial charge in [-0.2, -0.15) is 16.8 Å². The zero-order valence-electron chi connectivity index (χ0n) is 12.9. The molecule has 0 spiro atoms. The highest BCUT2D eigenvalue weighted by Gasteiger charge is 2.21. The molecule has 8 heteroatoms. The lowest BCUT2D eigenvalue weighted by atomic mass is 10.0. The molecule has 0 bridgehead atoms. The van der Waals surface area contributed by atoms with Crippen LogP contribution in [0.15, 0.2) is 30.3 Å². The maximum absolute atomic E-state index is 11.4. The molecule has 2 atom stereocenters. The van der Waals surface area contributed by atoms with Crippen LogP contribution in [0.3, 0.4) is 0 Å². The molecule has 0 heterocycles. The highest BCUT2D eigenvalue weighted by atomic mass is 32.2. The first-order valence-corrected chi connectivity index (χ1v) is 10.6. The highest BCUT2D eigenvalue weighted by molar-refractivity contribution is 7.86. The maximum atomic E-state index is 11.4. The minimum absolute atomic E-state index is 0.338. The zero-order chi connectivity index (χ0) is 16.8. The summed E-state index contributed by atoms with van der Waals surface area (Å²) in [5.41, 5.74) is 0.724. The molecular weight excluding hydrogens is 328 g/mol. The van der Waals surface area contributed by atoms with E-state index in [0.29, 0.717) is 19.3 Å². The fourth-order valence-corrected chi connectivity index (χ4v) is 3.41. The van der Waals surface area contributed by atoms with E-state index in [1.54, 1.807) is 24.3 Å². The van der Waals surface area contributed by atoms with Crippen LogP contribution in [0.25, 0.3) is 0 Å². The fraction of sp³-hybridized carbons (Fsp3) is 0.571. The summed E-state index contributed by atoms with van der Waals surface area (Å²) in [6.45, 7) is 1.81. The first-order chi connectivity index (χ1) is 10.1. The summed E-state index contributed by atoms with van der Waals surface area (Å²) in [7, 11) is -7.16. The standard InChI is InChI=1S/C14H22O6S2/c1-4-13(19-21(2,15)16)10-11-14(20-22(3,17)18)12-8-6-5-7-9-12/h5-9,13-14H,4,10-11H2,1-3H3/t13-,14-/m0/s1. The molecule has 0 unspecified atom stereocenters. The second kappa shape index (κ2) is 8.05. The van der Waals surface area contributed by atoms with Crippen LogP contribution in [0.2, 0.25) is 0 Å². The SMILES string of the molecule is CC[C@@H](CC[C@H](OS(C)(=O)=O)c1ccccc1)OS(C)(=O)=O. The second-order valence-corrected chi connectivity index (χ2v) is 8.31. The molecule has 1 aromatic rings. The summed E-state index contributed by atoms with van der Waals surface area (Å²) in [6.07, 6.45) is 2.06. The van der Waals surface area contributed by atoms with Gasteiger partial charge in [0.2, 0.25) is 0 Å². The molecule has 6 nitrogen and oxygen atoms in total. The summed E-state index contributed by atoms with van der Waals surface area (Å²) >= 11 is 0. The highest BCUT2D eigenvalue weighted by Crippen LogP contribution is 2.26. The first-order valence-electron chi connectivity index (χ1n) is 6.92. The number of benzene rings is 1. The lowest BCUT2D eigenvalue weighted by Crippen LogP contribution is -2.19. The van der Waals surface area contributed by atoms with E-state index in [2.05, 4.69) is 0 Å². The van der Waals surface area contributed by atoms with Gasteiger partial charge < -0.3 is 0 Å². The van der Waals surface area contributed by atoms with Crippen LogP contribution in [-0.4, -0.2) is 35.5 Å². The Morgan fingerprint density at radius 3 is 1.91 bits per heavy atom. The predicted molar refractivity (Wildman–Crippen MR) is 84.4 cm³/mol. The third-order valence-electron chi connectivity index (χ3n) is 2.98. The van der Waals surface area contributed by atoms with Crippen LogP contribution in [0, 0.1) is 0 Å². The van der Waals surface area contributed by atoms with Crippen LogP contribution in [0.4, 0.5) is 0 Å². The summed E-state index contributed by atoms with van der Waals surface area (Å²) < 4.78 is 55.3. The van der Waals surface area contributed by atoms with E-state index in [1.807, 2.05) is 13.0 Å². The molecule has 0 amide bonds. The summed E-state index contributed by atoms with van der Waals surface area (Å²) in [4.78, 5) is 0. The average Bonchev–Trinajstić information content (AvgIpc) is 2.40. The van der Waals surface area contributed by atoms with Gasteiger partial charge >= 0.3 is 0 Å². The Morgan fingerprint density at radius 2 is 1.45 bits per heavy atom. The van der Waals surface area contributed by atoms with E-state index < -0.39 is 32.4 Å². The minimum Gasteiger partial charge on any atom is -0.267 e. The minimum atomic E-state index is -3.62. The molecule has 0 aromatic heterocycles. The Balaban J connectivity index is 2.81. The van der Waals surface area contributed by atoms with Crippen molar-refractivity contribution < 1.29 is 25.2 Å². The van der Waals surface area contributed by atoms with Crippen molar-refractivity contribution in [2.75, 3.05) is 12.5 Å². The topological polar surface area (TPSA) is 86.7 Å². The van der Waals surface area contributed by atoms with Gasteiger partial charge in [0, 0.05) is 0 Å². The predicted octanol–water partition coefficient (Wildman–Crippen LogP) is 2.24. The molecule has 1 aromatic carbocycles. The monoisotopic (exact) mass is 350 g/mol. The largest absolute Gasteiger partial charge is 0.267 e. The van der Waals surface area contributed by atoms with E-state index in [4.69, 9.17) is 8.37 Å². The lowest BCUT2D eigenvalue weighted by molar-refractivity contribution is 0.149. The van der Waals surface area contributed by atoms with Gasteiger partial charge in [-0.05, 0) is 24.8 Å². The van der Waals surface area contributed by atoms with Crippen molar-refractivity contribution in [3.05, 3.63) is 35.9 Å². The van der Waals surface area contributed by atoms with Gasteiger partial charge in [-0.15, -0.1) is 0 Å². The summed E-state index contributed by atoms with van der Waals surface area (Å²) in [6, 6.07) is 8.95. The molecule has 0 aliphatic heterocycles. The quantitative estimate of drug-likeness (QED) is 0.635. The van der Waals surface area contributed by atoms with E-state index in [1.165, 1.54) is 0 Å². The first kappa shape index (κ1) is 19.1. The fourth-order valence-electron chi connectivity index (χ4n) is 2.05. The van der Waals surface area contributed by atoms with Crippen molar-refractivity contribution in [1.82, 2.24) is 0 Å². The van der Waals surface area contributed by atoms with Gasteiger partial charge in [-0.1, -0.05) is 37.3 Å². The molecular formula is C14H22O6S2. The van der Waals surface area contributed by atoms with Gasteiger partial charge in [0.25, 0.3) is 20.2 Å². The zero-order valence-corrected chi connectivity index (χ0v) is 14.6. The van der Waals surface area contributed by atoms with Crippen molar-refractivity contribution in [2.24, 2.45) is 0 Å². The van der Waals surface area contributed by atoms with Gasteiger partial charge in [0.15, 0.2) is 0 Å². The number of hydrogen-bond acceptors (Lipinski definition) is 6. The smallest absolute Gasteiger partial charge is 0.264 e. The van der Waals surface area contributed by atoms with Crippen LogP contribution in [0.1, 0.15) is 37.9 Å². The summed E-state index contributed by atoms with van der Waals surface area (Å²) in [5.74, 6) is 0. The van der Waals surface area contributed by atoms with E-state index in [0.717, 1.165) is 18.1 Å². The molecule has 0 aliphatic rings. The van der Waals surface area contributed by atoms with Crippen molar-refractivity contribution in [3.8, 4) is 0 Å². The lowest BCUT2D eigenvalue weighted by Gasteiger charge is -2.20. The molecule has 0 saturated carbocycles. The van der Waals surface area contributed by atoms with E-state index in [9.17, 15) is 16.8 Å². The Labute approximate surface area is 132 Å². The normalized spacial score (nSPS) is 15.4. The van der Waals surface area contributed by atoms with Gasteiger partial charge in [-0.3, -0.25) is 8.37 Å². The van der Waals surface area contributed by atoms with E-state index in [-0.39, 0.29) is 0 Å². The number of hydrogen-bond donors (Lipinski definition) is 0. The third kappa shape index (κ3) is 7.88. The van der Waals surface area contributed by atoms with Crippen LogP contribution >= 0.6 is 0 Å². The van der Waals surface area contributed by atoms with Crippen molar-refractivity contribution in [1.29, 1.82) is 0 Å². The molecule has 0 fully saturated rings. The van der Waals surface area contributed by atoms with Crippen LogP contribution < -0.4 is 0 Å². The molecule has 22 heavy (non-hydrogen) atoms. The maximum Gasteiger partial charge on any atom is 0.264 e. The molecule has 126 valence electrons. The van der Waals surface area contributed by atoms with Crippen molar-refractivity contribution >= 4 is 20.2 Å². The van der Waals surface area contributed by atoms with Gasteiger partial charge in [0.05, 0.1) is 18.6 Å². The molecule has 0 N–H and O–H groups in total. The Kier molecular flexibility index (Phi) is 6.98. The van der Waals surface area contributed by atoms with Crippen molar-refractivity contribution in [2.45, 2.75) is 38.4 Å². The third-order valence-corrected chi connectivity index (χ3v) is 4.18. The molecule has 0 radical (unpaired) electrons.